The fourth-order valence-corrected chi connectivity index (χ4v) is 4.30. The summed E-state index contributed by atoms with van der Waals surface area (Å²) in [6, 6.07) is 10.4. The molecule has 2 aliphatic rings. The molecule has 1 aromatic carbocycles. The van der Waals surface area contributed by atoms with E-state index in [1.807, 2.05) is 23.6 Å². The Morgan fingerprint density at radius 3 is 2.80 bits per heavy atom. The monoisotopic (exact) mass is 357 g/mol. The lowest BCUT2D eigenvalue weighted by Gasteiger charge is -2.23. The zero-order valence-corrected chi connectivity index (χ0v) is 14.7. The maximum atomic E-state index is 13.6. The lowest BCUT2D eigenvalue weighted by molar-refractivity contribution is -0.133. The highest BCUT2D eigenvalue weighted by Gasteiger charge is 2.34. The lowest BCUT2D eigenvalue weighted by Crippen LogP contribution is -2.36. The highest BCUT2D eigenvalue weighted by atomic mass is 32.1. The van der Waals surface area contributed by atoms with Gasteiger partial charge in [0.25, 0.3) is 5.91 Å². The molecule has 0 saturated carbocycles. The van der Waals surface area contributed by atoms with Gasteiger partial charge in [0.2, 0.25) is 0 Å². The molecule has 0 bridgehead atoms. The highest BCUT2D eigenvalue weighted by Crippen LogP contribution is 2.35. The second-order valence-electron chi connectivity index (χ2n) is 6.51. The van der Waals surface area contributed by atoms with Gasteiger partial charge in [-0.2, -0.15) is 5.10 Å². The Kier molecular flexibility index (Phi) is 4.63. The Balaban J connectivity index is 1.60. The van der Waals surface area contributed by atoms with Gasteiger partial charge in [-0.15, -0.1) is 11.3 Å². The van der Waals surface area contributed by atoms with Gasteiger partial charge in [-0.1, -0.05) is 18.2 Å². The zero-order chi connectivity index (χ0) is 17.2. The quantitative estimate of drug-likeness (QED) is 0.837. The Bertz CT molecular complexity index is 784. The van der Waals surface area contributed by atoms with E-state index in [0.29, 0.717) is 13.0 Å². The summed E-state index contributed by atoms with van der Waals surface area (Å²) in [5, 5.41) is 8.22. The molecular weight excluding hydrogens is 337 g/mol. The number of carbonyl (C=O) groups excluding carboxylic acids is 1. The first kappa shape index (κ1) is 16.4. The Labute approximate surface area is 150 Å². The molecule has 1 atom stereocenters. The second-order valence-corrected chi connectivity index (χ2v) is 7.49. The van der Waals surface area contributed by atoms with Gasteiger partial charge in [-0.3, -0.25) is 9.69 Å². The second kappa shape index (κ2) is 7.06. The van der Waals surface area contributed by atoms with Crippen LogP contribution >= 0.6 is 11.3 Å². The predicted octanol–water partition coefficient (Wildman–Crippen LogP) is 3.66. The van der Waals surface area contributed by atoms with Crippen LogP contribution in [0.5, 0.6) is 0 Å². The van der Waals surface area contributed by atoms with E-state index in [0.717, 1.165) is 42.1 Å². The average Bonchev–Trinajstić information content (AvgIpc) is 3.35. The molecule has 4 nitrogen and oxygen atoms in total. The number of thiophene rings is 1. The highest BCUT2D eigenvalue weighted by molar-refractivity contribution is 7.10. The van der Waals surface area contributed by atoms with E-state index in [2.05, 4.69) is 10.0 Å². The van der Waals surface area contributed by atoms with Crippen LogP contribution in [-0.4, -0.2) is 41.2 Å². The van der Waals surface area contributed by atoms with Crippen LogP contribution in [0.25, 0.3) is 0 Å². The van der Waals surface area contributed by atoms with Crippen molar-refractivity contribution in [2.24, 2.45) is 5.10 Å². The number of hydrazone groups is 1. The van der Waals surface area contributed by atoms with Crippen molar-refractivity contribution in [3.05, 3.63) is 58.0 Å². The Morgan fingerprint density at radius 1 is 1.24 bits per heavy atom. The lowest BCUT2D eigenvalue weighted by atomic mass is 10.0. The van der Waals surface area contributed by atoms with Crippen LogP contribution in [0.3, 0.4) is 0 Å². The van der Waals surface area contributed by atoms with Crippen molar-refractivity contribution in [3.63, 3.8) is 0 Å². The molecule has 2 aromatic rings. The van der Waals surface area contributed by atoms with Gasteiger partial charge >= 0.3 is 0 Å². The van der Waals surface area contributed by atoms with E-state index >= 15 is 0 Å². The zero-order valence-electron chi connectivity index (χ0n) is 13.9. The van der Waals surface area contributed by atoms with Crippen LogP contribution in [0.2, 0.25) is 0 Å². The number of rotatable bonds is 4. The van der Waals surface area contributed by atoms with Gasteiger partial charge in [0.05, 0.1) is 18.3 Å². The molecule has 25 heavy (non-hydrogen) atoms. The van der Waals surface area contributed by atoms with Gasteiger partial charge in [-0.05, 0) is 49.5 Å². The van der Waals surface area contributed by atoms with Crippen LogP contribution in [0.4, 0.5) is 4.39 Å². The predicted molar refractivity (Wildman–Crippen MR) is 97.1 cm³/mol. The molecule has 0 unspecified atom stereocenters. The Hall–Kier alpha value is -2.05. The third-order valence-electron chi connectivity index (χ3n) is 4.75. The molecule has 3 heterocycles. The van der Waals surface area contributed by atoms with Crippen molar-refractivity contribution >= 4 is 23.0 Å². The fourth-order valence-electron chi connectivity index (χ4n) is 3.49. The third-order valence-corrected chi connectivity index (χ3v) is 5.73. The van der Waals surface area contributed by atoms with E-state index < -0.39 is 0 Å². The number of carbonyl (C=O) groups is 1. The number of halogens is 1. The standard InChI is InChI=1S/C19H20FN3OS/c20-15-6-3-5-14(11-15)16-12-17(18-7-4-10-25-18)23(21-16)19(24)13-22-8-1-2-9-22/h3-7,10-11,17H,1-2,8-9,12-13H2/t17-/m0/s1. The summed E-state index contributed by atoms with van der Waals surface area (Å²) in [5.74, 6) is -0.263. The molecule has 0 N–H and O–H groups in total. The van der Waals surface area contributed by atoms with Crippen molar-refractivity contribution < 1.29 is 9.18 Å². The molecule has 1 fully saturated rings. The number of hydrogen-bond donors (Lipinski definition) is 0. The number of nitrogens with zero attached hydrogens (tertiary/aromatic N) is 3. The van der Waals surface area contributed by atoms with E-state index in [4.69, 9.17) is 0 Å². The van der Waals surface area contributed by atoms with Gasteiger partial charge in [0.15, 0.2) is 0 Å². The summed E-state index contributed by atoms with van der Waals surface area (Å²) in [6.07, 6.45) is 2.93. The number of amides is 1. The van der Waals surface area contributed by atoms with Crippen LogP contribution in [-0.2, 0) is 4.79 Å². The maximum Gasteiger partial charge on any atom is 0.257 e. The SMILES string of the molecule is O=C(CN1CCCC1)N1N=C(c2cccc(F)c2)C[C@H]1c1cccs1. The van der Waals surface area contributed by atoms with Gasteiger partial charge in [0.1, 0.15) is 5.82 Å². The topological polar surface area (TPSA) is 35.9 Å². The number of benzene rings is 1. The minimum Gasteiger partial charge on any atom is -0.294 e. The first-order valence-corrected chi connectivity index (χ1v) is 9.50. The first-order valence-electron chi connectivity index (χ1n) is 8.62. The van der Waals surface area contributed by atoms with Crippen molar-refractivity contribution in [1.82, 2.24) is 9.91 Å². The van der Waals surface area contributed by atoms with E-state index in [9.17, 15) is 9.18 Å². The molecule has 0 radical (unpaired) electrons. The smallest absolute Gasteiger partial charge is 0.257 e. The van der Waals surface area contributed by atoms with Crippen LogP contribution in [0.1, 0.15) is 35.7 Å². The molecule has 6 heteroatoms. The van der Waals surface area contributed by atoms with Crippen molar-refractivity contribution in [1.29, 1.82) is 0 Å². The largest absolute Gasteiger partial charge is 0.294 e. The van der Waals surface area contributed by atoms with E-state index in [1.165, 1.54) is 12.1 Å². The summed E-state index contributed by atoms with van der Waals surface area (Å²) in [4.78, 5) is 16.2. The summed E-state index contributed by atoms with van der Waals surface area (Å²) >= 11 is 1.63. The first-order chi connectivity index (χ1) is 12.2. The minimum atomic E-state index is -0.283. The molecule has 130 valence electrons. The van der Waals surface area contributed by atoms with Crippen LogP contribution in [0.15, 0.2) is 46.9 Å². The molecule has 1 amide bonds. The van der Waals surface area contributed by atoms with Crippen molar-refractivity contribution in [3.8, 4) is 0 Å². The van der Waals surface area contributed by atoms with Crippen molar-refractivity contribution in [2.75, 3.05) is 19.6 Å². The van der Waals surface area contributed by atoms with E-state index in [1.54, 1.807) is 22.4 Å². The third kappa shape index (κ3) is 3.50. The van der Waals surface area contributed by atoms with Crippen LogP contribution < -0.4 is 0 Å². The summed E-state index contributed by atoms with van der Waals surface area (Å²) < 4.78 is 13.6. The minimum absolute atomic E-state index is 0.0201. The fraction of sp³-hybridized carbons (Fsp3) is 0.368. The molecule has 1 aromatic heterocycles. The molecule has 2 aliphatic heterocycles. The average molecular weight is 357 g/mol. The molecule has 4 rings (SSSR count). The molecule has 0 spiro atoms. The van der Waals surface area contributed by atoms with Gasteiger partial charge < -0.3 is 0 Å². The molecular formula is C19H20FN3OS. The van der Waals surface area contributed by atoms with Crippen LogP contribution in [0, 0.1) is 5.82 Å². The summed E-state index contributed by atoms with van der Waals surface area (Å²) in [7, 11) is 0. The molecule has 1 saturated heterocycles. The van der Waals surface area contributed by atoms with Crippen molar-refractivity contribution in [2.45, 2.75) is 25.3 Å². The molecule has 0 aliphatic carbocycles. The van der Waals surface area contributed by atoms with Gasteiger partial charge in [0, 0.05) is 16.9 Å². The van der Waals surface area contributed by atoms with E-state index in [-0.39, 0.29) is 17.8 Å². The number of likely N-dealkylation sites (tertiary alicyclic amines) is 1. The Morgan fingerprint density at radius 2 is 2.08 bits per heavy atom. The van der Waals surface area contributed by atoms with Gasteiger partial charge in [-0.25, -0.2) is 9.40 Å². The summed E-state index contributed by atoms with van der Waals surface area (Å²) in [5.41, 5.74) is 1.52. The summed E-state index contributed by atoms with van der Waals surface area (Å²) in [6.45, 7) is 2.36. The number of hydrogen-bond acceptors (Lipinski definition) is 4. The normalized spacial score (nSPS) is 20.9. The maximum absolute atomic E-state index is 13.6.